The molecule has 172 valence electrons. The van der Waals surface area contributed by atoms with Gasteiger partial charge in [-0.25, -0.2) is 9.97 Å². The lowest BCUT2D eigenvalue weighted by molar-refractivity contribution is 0.240. The van der Waals surface area contributed by atoms with Crippen molar-refractivity contribution >= 4 is 28.9 Å². The van der Waals surface area contributed by atoms with Crippen molar-refractivity contribution in [2.75, 3.05) is 29.9 Å². The van der Waals surface area contributed by atoms with Crippen LogP contribution in [0.4, 0.5) is 17.2 Å². The molecule has 1 aliphatic heterocycles. The highest BCUT2D eigenvalue weighted by Gasteiger charge is 2.19. The number of aliphatic hydroxyl groups excluding tert-OH is 1. The molecule has 34 heavy (non-hydrogen) atoms. The van der Waals surface area contributed by atoms with Crippen LogP contribution >= 0.6 is 0 Å². The Bertz CT molecular complexity index is 1340. The lowest BCUT2D eigenvalue weighted by atomic mass is 9.93. The van der Waals surface area contributed by atoms with Gasteiger partial charge in [0.25, 0.3) is 0 Å². The first-order chi connectivity index (χ1) is 16.8. The summed E-state index contributed by atoms with van der Waals surface area (Å²) in [5, 5.41) is 12.7. The molecule has 0 amide bonds. The van der Waals surface area contributed by atoms with Crippen molar-refractivity contribution in [2.45, 2.75) is 25.7 Å². The summed E-state index contributed by atoms with van der Waals surface area (Å²) in [6.07, 6.45) is 16.0. The van der Waals surface area contributed by atoms with Crippen molar-refractivity contribution in [1.82, 2.24) is 19.4 Å². The molecular formula is C27H28N6O. The number of pyridine rings is 1. The summed E-state index contributed by atoms with van der Waals surface area (Å²) in [5.74, 6) is 1.37. The Hall–Kier alpha value is -3.71. The molecule has 2 N–H and O–H groups in total. The van der Waals surface area contributed by atoms with Crippen molar-refractivity contribution < 1.29 is 5.11 Å². The Kier molecular flexibility index (Phi) is 5.47. The first kappa shape index (κ1) is 20.9. The SMILES string of the molecule is OCCC1CCN(c2ccc(Nc3nc(-c4cnc5c(c4)CC=C5)cn4ccnc34)cc2)CC1. The van der Waals surface area contributed by atoms with Crippen molar-refractivity contribution in [1.29, 1.82) is 0 Å². The van der Waals surface area contributed by atoms with Gasteiger partial charge < -0.3 is 19.7 Å². The minimum absolute atomic E-state index is 0.296. The lowest BCUT2D eigenvalue weighted by Crippen LogP contribution is -2.33. The smallest absolute Gasteiger partial charge is 0.180 e. The number of piperidine rings is 1. The number of benzene rings is 1. The van der Waals surface area contributed by atoms with Crippen molar-refractivity contribution in [3.63, 3.8) is 0 Å². The van der Waals surface area contributed by atoms with Crippen LogP contribution in [0.25, 0.3) is 23.0 Å². The molecule has 0 radical (unpaired) electrons. The summed E-state index contributed by atoms with van der Waals surface area (Å²) in [6, 6.07) is 10.7. The fraction of sp³-hybridized carbons (Fsp3) is 0.296. The van der Waals surface area contributed by atoms with Gasteiger partial charge in [-0.15, -0.1) is 0 Å². The number of hydrogen-bond acceptors (Lipinski definition) is 6. The minimum Gasteiger partial charge on any atom is -0.396 e. The van der Waals surface area contributed by atoms with Crippen LogP contribution in [0.1, 0.15) is 30.5 Å². The Balaban J connectivity index is 1.23. The second-order valence-electron chi connectivity index (χ2n) is 9.12. The largest absolute Gasteiger partial charge is 0.396 e. The average Bonchev–Trinajstić information content (AvgIpc) is 3.54. The van der Waals surface area contributed by atoms with Gasteiger partial charge in [0, 0.05) is 61.4 Å². The summed E-state index contributed by atoms with van der Waals surface area (Å²) >= 11 is 0. The molecule has 1 aliphatic carbocycles. The van der Waals surface area contributed by atoms with E-state index in [0.29, 0.717) is 12.5 Å². The molecule has 0 unspecified atom stereocenters. The molecule has 2 aliphatic rings. The first-order valence-electron chi connectivity index (χ1n) is 12.0. The van der Waals surface area contributed by atoms with Gasteiger partial charge in [-0.2, -0.15) is 0 Å². The molecule has 1 aromatic carbocycles. The molecule has 7 nitrogen and oxygen atoms in total. The maximum absolute atomic E-state index is 9.19. The van der Waals surface area contributed by atoms with E-state index in [2.05, 4.69) is 62.7 Å². The Morgan fingerprint density at radius 2 is 1.94 bits per heavy atom. The van der Waals surface area contributed by atoms with Crippen LogP contribution in [0, 0.1) is 5.92 Å². The quantitative estimate of drug-likeness (QED) is 0.441. The molecule has 3 aromatic heterocycles. The standard InChI is InChI=1S/C27H28N6O/c34-15-10-19-8-12-32(13-9-19)23-6-4-22(5-7-23)30-26-27-28-11-14-33(27)18-25(31-26)21-16-20-2-1-3-24(20)29-17-21/h1,3-7,11,14,16-19,34H,2,8-10,12-13,15H2,(H,30,31). The lowest BCUT2D eigenvalue weighted by Gasteiger charge is -2.33. The summed E-state index contributed by atoms with van der Waals surface area (Å²) in [6.45, 7) is 2.38. The van der Waals surface area contributed by atoms with E-state index in [1.54, 1.807) is 6.20 Å². The second kappa shape index (κ2) is 8.91. The molecule has 1 saturated heterocycles. The molecule has 0 atom stereocenters. The van der Waals surface area contributed by atoms with E-state index in [4.69, 9.17) is 4.98 Å². The molecular weight excluding hydrogens is 424 g/mol. The molecule has 1 fully saturated rings. The predicted octanol–water partition coefficient (Wildman–Crippen LogP) is 4.70. The van der Waals surface area contributed by atoms with Gasteiger partial charge in [0.1, 0.15) is 0 Å². The van der Waals surface area contributed by atoms with Crippen LogP contribution in [0.15, 0.2) is 61.2 Å². The van der Waals surface area contributed by atoms with Crippen LogP contribution in [-0.4, -0.2) is 44.2 Å². The molecule has 4 heterocycles. The second-order valence-corrected chi connectivity index (χ2v) is 9.12. The van der Waals surface area contributed by atoms with E-state index in [9.17, 15) is 5.11 Å². The monoisotopic (exact) mass is 452 g/mol. The third-order valence-electron chi connectivity index (χ3n) is 6.93. The van der Waals surface area contributed by atoms with E-state index in [1.165, 1.54) is 11.3 Å². The van der Waals surface area contributed by atoms with E-state index < -0.39 is 0 Å². The van der Waals surface area contributed by atoms with Gasteiger partial charge in [0.15, 0.2) is 11.5 Å². The molecule has 6 rings (SSSR count). The number of rotatable bonds is 6. The van der Waals surface area contributed by atoms with Gasteiger partial charge in [0.2, 0.25) is 0 Å². The maximum atomic E-state index is 9.19. The van der Waals surface area contributed by atoms with Crippen LogP contribution in [0.3, 0.4) is 0 Å². The van der Waals surface area contributed by atoms with Crippen LogP contribution < -0.4 is 10.2 Å². The third-order valence-corrected chi connectivity index (χ3v) is 6.93. The number of aliphatic hydroxyl groups is 1. The number of fused-ring (bicyclic) bond motifs is 2. The van der Waals surface area contributed by atoms with E-state index in [1.807, 2.05) is 23.0 Å². The number of imidazole rings is 1. The Morgan fingerprint density at radius 3 is 2.76 bits per heavy atom. The fourth-order valence-electron chi connectivity index (χ4n) is 4.98. The van der Waals surface area contributed by atoms with Gasteiger partial charge in [-0.3, -0.25) is 4.98 Å². The third kappa shape index (κ3) is 4.03. The summed E-state index contributed by atoms with van der Waals surface area (Å²) < 4.78 is 2.00. The van der Waals surface area contributed by atoms with E-state index in [-0.39, 0.29) is 0 Å². The van der Waals surface area contributed by atoms with Gasteiger partial charge in [-0.05, 0) is 73.6 Å². The maximum Gasteiger partial charge on any atom is 0.180 e. The summed E-state index contributed by atoms with van der Waals surface area (Å²) in [5.41, 5.74) is 7.13. The zero-order valence-corrected chi connectivity index (χ0v) is 19.1. The van der Waals surface area contributed by atoms with Gasteiger partial charge in [0.05, 0.1) is 11.4 Å². The zero-order chi connectivity index (χ0) is 22.9. The first-order valence-corrected chi connectivity index (χ1v) is 12.0. The fourth-order valence-corrected chi connectivity index (χ4v) is 4.98. The van der Waals surface area contributed by atoms with Crippen molar-refractivity contribution in [3.8, 4) is 11.3 Å². The van der Waals surface area contributed by atoms with Crippen molar-refractivity contribution in [3.05, 3.63) is 72.5 Å². The summed E-state index contributed by atoms with van der Waals surface area (Å²) in [7, 11) is 0. The number of allylic oxidation sites excluding steroid dienone is 1. The Morgan fingerprint density at radius 1 is 1.09 bits per heavy atom. The predicted molar refractivity (Wildman–Crippen MR) is 135 cm³/mol. The van der Waals surface area contributed by atoms with Crippen LogP contribution in [0.5, 0.6) is 0 Å². The van der Waals surface area contributed by atoms with Gasteiger partial charge in [-0.1, -0.05) is 6.08 Å². The number of aromatic nitrogens is 4. The normalized spacial score (nSPS) is 15.7. The van der Waals surface area contributed by atoms with Crippen LogP contribution in [-0.2, 0) is 6.42 Å². The number of anilines is 3. The molecule has 7 heteroatoms. The highest BCUT2D eigenvalue weighted by molar-refractivity contribution is 5.75. The van der Waals surface area contributed by atoms with E-state index >= 15 is 0 Å². The minimum atomic E-state index is 0.296. The number of nitrogens with zero attached hydrogens (tertiary/aromatic N) is 5. The van der Waals surface area contributed by atoms with Gasteiger partial charge >= 0.3 is 0 Å². The molecule has 0 saturated carbocycles. The summed E-state index contributed by atoms with van der Waals surface area (Å²) in [4.78, 5) is 16.4. The Labute approximate surface area is 198 Å². The van der Waals surface area contributed by atoms with E-state index in [0.717, 1.165) is 72.9 Å². The molecule has 0 bridgehead atoms. The molecule has 4 aromatic rings. The number of nitrogens with one attached hydrogen (secondary N) is 1. The zero-order valence-electron chi connectivity index (χ0n) is 19.1. The van der Waals surface area contributed by atoms with Crippen molar-refractivity contribution in [2.24, 2.45) is 5.92 Å². The average molecular weight is 453 g/mol. The highest BCUT2D eigenvalue weighted by atomic mass is 16.3. The molecule has 0 spiro atoms. The highest BCUT2D eigenvalue weighted by Crippen LogP contribution is 2.29. The topological polar surface area (TPSA) is 78.6 Å². The number of hydrogen-bond donors (Lipinski definition) is 2. The van der Waals surface area contributed by atoms with Crippen LogP contribution in [0.2, 0.25) is 0 Å².